The van der Waals surface area contributed by atoms with Crippen molar-refractivity contribution in [1.82, 2.24) is 4.98 Å². The van der Waals surface area contributed by atoms with E-state index in [1.54, 1.807) is 0 Å². The second-order valence-electron chi connectivity index (χ2n) is 5.24. The van der Waals surface area contributed by atoms with Crippen LogP contribution in [0.2, 0.25) is 0 Å². The van der Waals surface area contributed by atoms with Gasteiger partial charge in [0, 0.05) is 19.1 Å². The van der Waals surface area contributed by atoms with Crippen molar-refractivity contribution in [1.29, 1.82) is 0 Å². The number of nitrogens with two attached hydrogens (primary N) is 1. The fourth-order valence-electron chi connectivity index (χ4n) is 2.38. The van der Waals surface area contributed by atoms with Crippen LogP contribution < -0.4 is 10.6 Å². The van der Waals surface area contributed by atoms with E-state index < -0.39 is 0 Å². The van der Waals surface area contributed by atoms with E-state index in [2.05, 4.69) is 29.8 Å². The number of hydrogen-bond donors (Lipinski definition) is 2. The summed E-state index contributed by atoms with van der Waals surface area (Å²) in [5.74, 6) is 0.316. The van der Waals surface area contributed by atoms with E-state index in [4.69, 9.17) is 5.73 Å². The van der Waals surface area contributed by atoms with Crippen LogP contribution in [0.1, 0.15) is 38.4 Å². The van der Waals surface area contributed by atoms with Crippen molar-refractivity contribution in [3.63, 3.8) is 0 Å². The zero-order valence-corrected chi connectivity index (χ0v) is 11.2. The van der Waals surface area contributed by atoms with Gasteiger partial charge in [0.2, 0.25) is 0 Å². The van der Waals surface area contributed by atoms with Gasteiger partial charge in [-0.25, -0.2) is 0 Å². The number of rotatable bonds is 3. The lowest BCUT2D eigenvalue weighted by molar-refractivity contribution is 0.0971. The molecule has 1 aromatic rings. The Hall–Kier alpha value is -1.13. The number of aliphatic hydroxyl groups excluding tert-OH is 1. The minimum absolute atomic E-state index is 0.0288. The van der Waals surface area contributed by atoms with Crippen molar-refractivity contribution in [2.75, 3.05) is 18.0 Å². The van der Waals surface area contributed by atoms with Crippen molar-refractivity contribution in [3.05, 3.63) is 24.0 Å². The number of hydrogen-bond acceptors (Lipinski definition) is 4. The second kappa shape index (κ2) is 5.67. The highest BCUT2D eigenvalue weighted by atomic mass is 16.3. The van der Waals surface area contributed by atoms with E-state index in [9.17, 15) is 5.11 Å². The highest BCUT2D eigenvalue weighted by Gasteiger charge is 2.24. The first-order chi connectivity index (χ1) is 8.61. The normalized spacial score (nSPS) is 26.1. The molecule has 0 aliphatic carbocycles. The Morgan fingerprint density at radius 3 is 2.89 bits per heavy atom. The Bertz CT molecular complexity index is 379. The van der Waals surface area contributed by atoms with E-state index in [0.29, 0.717) is 5.92 Å². The van der Waals surface area contributed by atoms with Gasteiger partial charge in [-0.1, -0.05) is 13.8 Å². The quantitative estimate of drug-likeness (QED) is 0.856. The minimum Gasteiger partial charge on any atom is -0.393 e. The fraction of sp³-hybridized carbons (Fsp3) is 0.643. The maximum absolute atomic E-state index is 9.73. The van der Waals surface area contributed by atoms with Gasteiger partial charge in [-0.3, -0.25) is 4.98 Å². The lowest BCUT2D eigenvalue weighted by Crippen LogP contribution is -2.42. The lowest BCUT2D eigenvalue weighted by atomic mass is 9.96. The maximum atomic E-state index is 9.73. The molecule has 2 rings (SSSR count). The van der Waals surface area contributed by atoms with Gasteiger partial charge in [0.05, 0.1) is 23.7 Å². The molecule has 0 spiro atoms. The number of anilines is 1. The first-order valence-electron chi connectivity index (χ1n) is 6.76. The molecule has 0 aromatic carbocycles. The number of aromatic nitrogens is 1. The number of nitrogens with zero attached hydrogens (tertiary/aromatic N) is 2. The summed E-state index contributed by atoms with van der Waals surface area (Å²) in [6.07, 6.45) is 3.47. The third-order valence-electron chi connectivity index (χ3n) is 3.82. The number of aliphatic hydroxyl groups is 1. The van der Waals surface area contributed by atoms with Crippen molar-refractivity contribution in [2.45, 2.75) is 38.8 Å². The summed E-state index contributed by atoms with van der Waals surface area (Å²) in [6, 6.07) is 4.13. The van der Waals surface area contributed by atoms with Crippen molar-refractivity contribution in [3.8, 4) is 0 Å². The SMILES string of the molecule is CC[C@@H](N)c1ccc(N2CCC(O)C(C)C2)cn1. The molecule has 0 amide bonds. The van der Waals surface area contributed by atoms with Crippen molar-refractivity contribution in [2.24, 2.45) is 11.7 Å². The zero-order valence-electron chi connectivity index (χ0n) is 11.2. The molecule has 3 N–H and O–H groups in total. The summed E-state index contributed by atoms with van der Waals surface area (Å²) >= 11 is 0. The van der Waals surface area contributed by atoms with Crippen LogP contribution in [-0.4, -0.2) is 29.3 Å². The molecule has 18 heavy (non-hydrogen) atoms. The van der Waals surface area contributed by atoms with Crippen LogP contribution >= 0.6 is 0 Å². The number of pyridine rings is 1. The Kier molecular flexibility index (Phi) is 4.19. The Morgan fingerprint density at radius 1 is 1.56 bits per heavy atom. The first kappa shape index (κ1) is 13.3. The Morgan fingerprint density at radius 2 is 2.33 bits per heavy atom. The molecule has 2 unspecified atom stereocenters. The highest BCUT2D eigenvalue weighted by molar-refractivity contribution is 5.45. The molecule has 3 atom stereocenters. The van der Waals surface area contributed by atoms with Gasteiger partial charge < -0.3 is 15.7 Å². The minimum atomic E-state index is -0.165. The van der Waals surface area contributed by atoms with Gasteiger partial charge in [0.15, 0.2) is 0 Å². The smallest absolute Gasteiger partial charge is 0.0599 e. The van der Waals surface area contributed by atoms with Crippen LogP contribution in [0, 0.1) is 5.92 Å². The molecule has 100 valence electrons. The predicted molar refractivity (Wildman–Crippen MR) is 73.5 cm³/mol. The highest BCUT2D eigenvalue weighted by Crippen LogP contribution is 2.23. The molecule has 1 aliphatic rings. The third kappa shape index (κ3) is 2.82. The van der Waals surface area contributed by atoms with E-state index in [0.717, 1.165) is 37.3 Å². The monoisotopic (exact) mass is 249 g/mol. The molecule has 1 saturated heterocycles. The maximum Gasteiger partial charge on any atom is 0.0599 e. The summed E-state index contributed by atoms with van der Waals surface area (Å²) < 4.78 is 0. The van der Waals surface area contributed by atoms with Gasteiger partial charge >= 0.3 is 0 Å². The van der Waals surface area contributed by atoms with Crippen LogP contribution in [0.25, 0.3) is 0 Å². The van der Waals surface area contributed by atoms with Gasteiger partial charge in [-0.2, -0.15) is 0 Å². The first-order valence-corrected chi connectivity index (χ1v) is 6.76. The van der Waals surface area contributed by atoms with Crippen molar-refractivity contribution >= 4 is 5.69 Å². The molecule has 1 aliphatic heterocycles. The van der Waals surface area contributed by atoms with Crippen LogP contribution in [0.3, 0.4) is 0 Å². The zero-order chi connectivity index (χ0) is 13.1. The summed E-state index contributed by atoms with van der Waals surface area (Å²) in [6.45, 7) is 5.94. The molecule has 4 heteroatoms. The van der Waals surface area contributed by atoms with E-state index in [-0.39, 0.29) is 12.1 Å². The molecule has 1 aromatic heterocycles. The van der Waals surface area contributed by atoms with E-state index in [1.165, 1.54) is 0 Å². The summed E-state index contributed by atoms with van der Waals surface area (Å²) in [4.78, 5) is 6.72. The average Bonchev–Trinajstić information content (AvgIpc) is 2.41. The second-order valence-corrected chi connectivity index (χ2v) is 5.24. The summed E-state index contributed by atoms with van der Waals surface area (Å²) in [5.41, 5.74) is 8.03. The fourth-order valence-corrected chi connectivity index (χ4v) is 2.38. The standard InChI is InChI=1S/C14H23N3O/c1-3-12(15)13-5-4-11(8-16-13)17-7-6-14(18)10(2)9-17/h4-5,8,10,12,14,18H,3,6-7,9,15H2,1-2H3/t10?,12-,14?/m1/s1. The van der Waals surface area contributed by atoms with Crippen LogP contribution in [0.5, 0.6) is 0 Å². The van der Waals surface area contributed by atoms with Crippen molar-refractivity contribution < 1.29 is 5.11 Å². The Labute approximate surface area is 109 Å². The Balaban J connectivity index is 2.06. The van der Waals surface area contributed by atoms with Gasteiger partial charge in [0.25, 0.3) is 0 Å². The topological polar surface area (TPSA) is 62.4 Å². The molecule has 4 nitrogen and oxygen atoms in total. The molecule has 0 radical (unpaired) electrons. The van der Waals surface area contributed by atoms with Crippen LogP contribution in [-0.2, 0) is 0 Å². The summed E-state index contributed by atoms with van der Waals surface area (Å²) in [5, 5.41) is 9.73. The molecule has 0 saturated carbocycles. The van der Waals surface area contributed by atoms with Crippen LogP contribution in [0.4, 0.5) is 5.69 Å². The molecular formula is C14H23N3O. The van der Waals surface area contributed by atoms with Crippen LogP contribution in [0.15, 0.2) is 18.3 Å². The predicted octanol–water partition coefficient (Wildman–Crippen LogP) is 1.70. The van der Waals surface area contributed by atoms with E-state index in [1.807, 2.05) is 12.3 Å². The molecule has 1 fully saturated rings. The molecule has 2 heterocycles. The van der Waals surface area contributed by atoms with Gasteiger partial charge in [-0.05, 0) is 30.9 Å². The lowest BCUT2D eigenvalue weighted by Gasteiger charge is -2.35. The largest absolute Gasteiger partial charge is 0.393 e. The third-order valence-corrected chi connectivity index (χ3v) is 3.82. The van der Waals surface area contributed by atoms with Gasteiger partial charge in [-0.15, -0.1) is 0 Å². The average molecular weight is 249 g/mol. The summed E-state index contributed by atoms with van der Waals surface area (Å²) in [7, 11) is 0. The number of piperidine rings is 1. The molecular weight excluding hydrogens is 226 g/mol. The van der Waals surface area contributed by atoms with Gasteiger partial charge in [0.1, 0.15) is 0 Å². The molecule has 0 bridgehead atoms. The van der Waals surface area contributed by atoms with E-state index >= 15 is 0 Å².